The smallest absolute Gasteiger partial charge is 0.242 e. The second kappa shape index (κ2) is 12.7. The number of piperazine rings is 1. The zero-order valence-corrected chi connectivity index (χ0v) is 20.7. The highest BCUT2D eigenvalue weighted by Gasteiger charge is 2.22. The van der Waals surface area contributed by atoms with Gasteiger partial charge in [0, 0.05) is 57.2 Å². The number of aryl methyl sites for hydroxylation is 1. The summed E-state index contributed by atoms with van der Waals surface area (Å²) in [7, 11) is 0. The summed E-state index contributed by atoms with van der Waals surface area (Å²) in [5.74, 6) is 1.61. The SMILES string of the molecule is CCNC(=NCC(=O)NCc1ccccc1)N1CCN(c2nc(CC)ns2)CC1.I. The van der Waals surface area contributed by atoms with E-state index in [1.54, 1.807) is 0 Å². The van der Waals surface area contributed by atoms with Crippen molar-refractivity contribution < 1.29 is 4.79 Å². The van der Waals surface area contributed by atoms with E-state index in [2.05, 4.69) is 41.7 Å². The predicted octanol–water partition coefficient (Wildman–Crippen LogP) is 2.12. The highest BCUT2D eigenvalue weighted by Crippen LogP contribution is 2.19. The minimum absolute atomic E-state index is 0. The van der Waals surface area contributed by atoms with Crippen molar-refractivity contribution in [1.82, 2.24) is 24.9 Å². The zero-order chi connectivity index (χ0) is 20.5. The molecule has 0 unspecified atom stereocenters. The van der Waals surface area contributed by atoms with E-state index in [9.17, 15) is 4.79 Å². The molecule has 8 nitrogen and oxygen atoms in total. The number of nitrogens with zero attached hydrogens (tertiary/aromatic N) is 5. The molecule has 1 aromatic heterocycles. The van der Waals surface area contributed by atoms with Crippen LogP contribution >= 0.6 is 35.5 Å². The molecule has 2 aromatic rings. The Labute approximate surface area is 199 Å². The number of anilines is 1. The lowest BCUT2D eigenvalue weighted by Gasteiger charge is -2.36. The Hall–Kier alpha value is -1.95. The fourth-order valence-electron chi connectivity index (χ4n) is 3.05. The van der Waals surface area contributed by atoms with Crippen molar-refractivity contribution in [3.63, 3.8) is 0 Å². The summed E-state index contributed by atoms with van der Waals surface area (Å²) >= 11 is 1.47. The van der Waals surface area contributed by atoms with Gasteiger partial charge in [-0.05, 0) is 12.5 Å². The number of hydrogen-bond donors (Lipinski definition) is 2. The molecule has 0 aliphatic carbocycles. The Bertz CT molecular complexity index is 806. The number of guanidine groups is 1. The van der Waals surface area contributed by atoms with Crippen LogP contribution in [0.25, 0.3) is 0 Å². The largest absolute Gasteiger partial charge is 0.357 e. The average molecular weight is 543 g/mol. The molecule has 0 spiro atoms. The van der Waals surface area contributed by atoms with Crippen molar-refractivity contribution in [2.75, 3.05) is 44.2 Å². The first-order valence-electron chi connectivity index (χ1n) is 10.1. The highest BCUT2D eigenvalue weighted by atomic mass is 127. The van der Waals surface area contributed by atoms with E-state index in [1.807, 2.05) is 37.3 Å². The fraction of sp³-hybridized carbons (Fsp3) is 0.500. The standard InChI is InChI=1S/C20H29N7OS.HI/c1-3-17-24-20(29-25-17)27-12-10-26(11-13-27)19(21-4-2)23-15-18(28)22-14-16-8-6-5-7-9-16;/h5-9H,3-4,10-15H2,1-2H3,(H,21,23)(H,22,28);1H. The van der Waals surface area contributed by atoms with E-state index in [0.717, 1.165) is 61.6 Å². The summed E-state index contributed by atoms with van der Waals surface area (Å²) in [5.41, 5.74) is 1.08. The molecule has 2 heterocycles. The van der Waals surface area contributed by atoms with Crippen molar-refractivity contribution in [2.24, 2.45) is 4.99 Å². The van der Waals surface area contributed by atoms with Gasteiger partial charge in [0.15, 0.2) is 5.96 Å². The van der Waals surface area contributed by atoms with Crippen LogP contribution in [0.3, 0.4) is 0 Å². The molecule has 1 amide bonds. The first-order valence-corrected chi connectivity index (χ1v) is 10.9. The van der Waals surface area contributed by atoms with Gasteiger partial charge in [0.25, 0.3) is 0 Å². The monoisotopic (exact) mass is 543 g/mol. The summed E-state index contributed by atoms with van der Waals surface area (Å²) < 4.78 is 4.38. The summed E-state index contributed by atoms with van der Waals surface area (Å²) in [6.45, 7) is 8.90. The number of aliphatic imine (C=N–C) groups is 1. The molecule has 0 atom stereocenters. The van der Waals surface area contributed by atoms with Gasteiger partial charge in [0.05, 0.1) is 0 Å². The number of hydrogen-bond acceptors (Lipinski definition) is 6. The van der Waals surface area contributed by atoms with Crippen molar-refractivity contribution in [2.45, 2.75) is 26.8 Å². The maximum absolute atomic E-state index is 12.2. The van der Waals surface area contributed by atoms with E-state index in [-0.39, 0.29) is 36.4 Å². The number of carbonyl (C=O) groups excluding carboxylic acids is 1. The van der Waals surface area contributed by atoms with Crippen LogP contribution in [0.15, 0.2) is 35.3 Å². The van der Waals surface area contributed by atoms with Crippen molar-refractivity contribution >= 4 is 52.5 Å². The van der Waals surface area contributed by atoms with Crippen LogP contribution in [0.1, 0.15) is 25.2 Å². The summed E-state index contributed by atoms with van der Waals surface area (Å²) in [6, 6.07) is 9.88. The van der Waals surface area contributed by atoms with Crippen LogP contribution in [0, 0.1) is 0 Å². The van der Waals surface area contributed by atoms with Gasteiger partial charge in [-0.3, -0.25) is 4.79 Å². The van der Waals surface area contributed by atoms with Crippen LogP contribution in [0.4, 0.5) is 5.13 Å². The van der Waals surface area contributed by atoms with E-state index in [0.29, 0.717) is 6.54 Å². The first-order chi connectivity index (χ1) is 14.2. The number of amides is 1. The van der Waals surface area contributed by atoms with Gasteiger partial charge in [-0.25, -0.2) is 9.98 Å². The molecule has 164 valence electrons. The molecule has 30 heavy (non-hydrogen) atoms. The molecule has 1 aromatic carbocycles. The lowest BCUT2D eigenvalue weighted by atomic mass is 10.2. The van der Waals surface area contributed by atoms with Gasteiger partial charge in [0.2, 0.25) is 11.0 Å². The number of carbonyl (C=O) groups is 1. The first kappa shape index (κ1) is 24.3. The number of benzene rings is 1. The molecule has 3 rings (SSSR count). The minimum atomic E-state index is -0.0798. The van der Waals surface area contributed by atoms with Gasteiger partial charge in [-0.2, -0.15) is 4.37 Å². The molecule has 2 N–H and O–H groups in total. The molecule has 1 saturated heterocycles. The number of halogens is 1. The van der Waals surface area contributed by atoms with E-state index < -0.39 is 0 Å². The normalized spacial score (nSPS) is 14.3. The topological polar surface area (TPSA) is 85.8 Å². The maximum Gasteiger partial charge on any atom is 0.242 e. The molecule has 1 fully saturated rings. The molecular weight excluding hydrogens is 513 g/mol. The lowest BCUT2D eigenvalue weighted by Crippen LogP contribution is -2.52. The molecule has 1 aliphatic rings. The van der Waals surface area contributed by atoms with Crippen molar-refractivity contribution in [1.29, 1.82) is 0 Å². The Morgan fingerprint density at radius 1 is 1.13 bits per heavy atom. The van der Waals surface area contributed by atoms with Gasteiger partial charge < -0.3 is 20.4 Å². The minimum Gasteiger partial charge on any atom is -0.357 e. The van der Waals surface area contributed by atoms with Crippen LogP contribution in [0.5, 0.6) is 0 Å². The van der Waals surface area contributed by atoms with E-state index in [1.165, 1.54) is 11.5 Å². The molecule has 0 bridgehead atoms. The van der Waals surface area contributed by atoms with Gasteiger partial charge in [0.1, 0.15) is 12.4 Å². The molecule has 0 saturated carbocycles. The Kier molecular flexibility index (Phi) is 10.3. The van der Waals surface area contributed by atoms with Crippen molar-refractivity contribution in [3.8, 4) is 0 Å². The Morgan fingerprint density at radius 2 is 1.87 bits per heavy atom. The van der Waals surface area contributed by atoms with Crippen LogP contribution in [0.2, 0.25) is 0 Å². The maximum atomic E-state index is 12.2. The lowest BCUT2D eigenvalue weighted by molar-refractivity contribution is -0.119. The highest BCUT2D eigenvalue weighted by molar-refractivity contribution is 14.0. The number of aromatic nitrogens is 2. The third-order valence-electron chi connectivity index (χ3n) is 4.66. The summed E-state index contributed by atoms with van der Waals surface area (Å²) in [4.78, 5) is 25.8. The Balaban J connectivity index is 0.00000320. The average Bonchev–Trinajstić information content (AvgIpc) is 3.25. The Morgan fingerprint density at radius 3 is 2.50 bits per heavy atom. The second-order valence-corrected chi connectivity index (χ2v) is 7.48. The summed E-state index contributed by atoms with van der Waals surface area (Å²) in [5, 5.41) is 7.21. The summed E-state index contributed by atoms with van der Waals surface area (Å²) in [6.07, 6.45) is 0.861. The van der Waals surface area contributed by atoms with Gasteiger partial charge in [-0.15, -0.1) is 24.0 Å². The van der Waals surface area contributed by atoms with E-state index in [4.69, 9.17) is 0 Å². The quantitative estimate of drug-likeness (QED) is 0.316. The third-order valence-corrected chi connectivity index (χ3v) is 5.48. The van der Waals surface area contributed by atoms with Crippen LogP contribution < -0.4 is 15.5 Å². The van der Waals surface area contributed by atoms with E-state index >= 15 is 0 Å². The van der Waals surface area contributed by atoms with Gasteiger partial charge >= 0.3 is 0 Å². The molecule has 0 radical (unpaired) electrons. The number of nitrogens with one attached hydrogen (secondary N) is 2. The molecule has 1 aliphatic heterocycles. The molecule has 10 heteroatoms. The predicted molar refractivity (Wildman–Crippen MR) is 133 cm³/mol. The third kappa shape index (κ3) is 7.08. The molecular formula is C20H30IN7OS. The van der Waals surface area contributed by atoms with Crippen molar-refractivity contribution in [3.05, 3.63) is 41.7 Å². The fourth-order valence-corrected chi connectivity index (χ4v) is 3.85. The van der Waals surface area contributed by atoms with Crippen LogP contribution in [-0.2, 0) is 17.8 Å². The van der Waals surface area contributed by atoms with Gasteiger partial charge in [-0.1, -0.05) is 37.3 Å². The zero-order valence-electron chi connectivity index (χ0n) is 17.5. The number of rotatable bonds is 7. The van der Waals surface area contributed by atoms with Crippen LogP contribution in [-0.4, -0.2) is 65.4 Å². The second-order valence-electron chi connectivity index (χ2n) is 6.75.